The van der Waals surface area contributed by atoms with Gasteiger partial charge in [-0.05, 0) is 30.5 Å². The van der Waals surface area contributed by atoms with E-state index in [0.717, 1.165) is 4.90 Å². The van der Waals surface area contributed by atoms with E-state index in [2.05, 4.69) is 0 Å². The van der Waals surface area contributed by atoms with Gasteiger partial charge in [0.25, 0.3) is 0 Å². The largest absolute Gasteiger partial charge is 0.471 e. The summed E-state index contributed by atoms with van der Waals surface area (Å²) >= 11 is 0. The molecule has 2 rings (SSSR count). The summed E-state index contributed by atoms with van der Waals surface area (Å²) in [5.74, 6) is -2.24. The molecule has 1 aromatic carbocycles. The Labute approximate surface area is 113 Å². The standard InChI is InChI=1S/C13H14F4N2O/c14-10-3-1-9(2-4-10)12(18)5-7-19(8-6-12)11(20)13(15,16)17/h1-4H,5-8,18H2. The fourth-order valence-electron chi connectivity index (χ4n) is 2.36. The molecule has 1 fully saturated rings. The number of carbonyl (C=O) groups excluding carboxylic acids is 1. The van der Waals surface area contributed by atoms with Crippen LogP contribution in [-0.2, 0) is 10.3 Å². The van der Waals surface area contributed by atoms with E-state index in [4.69, 9.17) is 5.73 Å². The highest BCUT2D eigenvalue weighted by molar-refractivity contribution is 5.82. The first kappa shape index (κ1) is 14.8. The van der Waals surface area contributed by atoms with Crippen molar-refractivity contribution in [1.82, 2.24) is 4.90 Å². The van der Waals surface area contributed by atoms with Gasteiger partial charge in [0.05, 0.1) is 0 Å². The third-order valence-electron chi connectivity index (χ3n) is 3.60. The molecule has 110 valence electrons. The average molecular weight is 290 g/mol. The van der Waals surface area contributed by atoms with Crippen molar-refractivity contribution < 1.29 is 22.4 Å². The molecule has 1 aromatic rings. The fraction of sp³-hybridized carbons (Fsp3) is 0.462. The molecule has 20 heavy (non-hydrogen) atoms. The zero-order chi connectivity index (χ0) is 15.0. The highest BCUT2D eigenvalue weighted by atomic mass is 19.4. The summed E-state index contributed by atoms with van der Waals surface area (Å²) in [5, 5.41) is 0. The lowest BCUT2D eigenvalue weighted by Gasteiger charge is -2.39. The van der Waals surface area contributed by atoms with Crippen LogP contribution in [0, 0.1) is 5.82 Å². The van der Waals surface area contributed by atoms with Crippen molar-refractivity contribution in [1.29, 1.82) is 0 Å². The first-order valence-corrected chi connectivity index (χ1v) is 6.13. The fourth-order valence-corrected chi connectivity index (χ4v) is 2.36. The van der Waals surface area contributed by atoms with E-state index in [9.17, 15) is 22.4 Å². The molecule has 2 N–H and O–H groups in total. The van der Waals surface area contributed by atoms with Gasteiger partial charge in [0.15, 0.2) is 0 Å². The Morgan fingerprint density at radius 3 is 2.10 bits per heavy atom. The number of amides is 1. The SMILES string of the molecule is NC1(c2ccc(F)cc2)CCN(C(=O)C(F)(F)F)CC1. The van der Waals surface area contributed by atoms with E-state index < -0.39 is 23.4 Å². The molecule has 1 amide bonds. The van der Waals surface area contributed by atoms with E-state index in [1.807, 2.05) is 0 Å². The first-order chi connectivity index (χ1) is 9.22. The van der Waals surface area contributed by atoms with E-state index in [1.165, 1.54) is 24.3 Å². The summed E-state index contributed by atoms with van der Waals surface area (Å²) in [4.78, 5) is 11.9. The second kappa shape index (κ2) is 5.05. The minimum Gasteiger partial charge on any atom is -0.335 e. The Bertz CT molecular complexity index is 490. The van der Waals surface area contributed by atoms with Gasteiger partial charge in [-0.2, -0.15) is 13.2 Å². The molecule has 0 aliphatic carbocycles. The van der Waals surface area contributed by atoms with Gasteiger partial charge in [-0.3, -0.25) is 4.79 Å². The van der Waals surface area contributed by atoms with Crippen LogP contribution in [0.25, 0.3) is 0 Å². The molecule has 0 radical (unpaired) electrons. The molecular formula is C13H14F4N2O. The van der Waals surface area contributed by atoms with Gasteiger partial charge in [-0.25, -0.2) is 4.39 Å². The summed E-state index contributed by atoms with van der Waals surface area (Å²) in [6.07, 6.45) is -4.44. The van der Waals surface area contributed by atoms with Crippen molar-refractivity contribution in [3.63, 3.8) is 0 Å². The minimum absolute atomic E-state index is 0.0633. The van der Waals surface area contributed by atoms with Crippen LogP contribution in [0.3, 0.4) is 0 Å². The third kappa shape index (κ3) is 2.92. The minimum atomic E-state index is -4.86. The molecule has 0 atom stereocenters. The van der Waals surface area contributed by atoms with Crippen LogP contribution in [0.15, 0.2) is 24.3 Å². The normalized spacial score (nSPS) is 18.9. The number of alkyl halides is 3. The third-order valence-corrected chi connectivity index (χ3v) is 3.60. The molecular weight excluding hydrogens is 276 g/mol. The molecule has 1 saturated heterocycles. The predicted octanol–water partition coefficient (Wildman–Crippen LogP) is 2.16. The number of carbonyl (C=O) groups is 1. The van der Waals surface area contributed by atoms with Crippen molar-refractivity contribution >= 4 is 5.91 Å². The van der Waals surface area contributed by atoms with Crippen LogP contribution >= 0.6 is 0 Å². The van der Waals surface area contributed by atoms with E-state index in [1.54, 1.807) is 0 Å². The van der Waals surface area contributed by atoms with Gasteiger partial charge in [-0.1, -0.05) is 12.1 Å². The number of rotatable bonds is 1. The predicted molar refractivity (Wildman–Crippen MR) is 64.1 cm³/mol. The Balaban J connectivity index is 2.07. The Hall–Kier alpha value is -1.63. The van der Waals surface area contributed by atoms with Gasteiger partial charge < -0.3 is 10.6 Å². The number of nitrogens with zero attached hydrogens (tertiary/aromatic N) is 1. The highest BCUT2D eigenvalue weighted by Gasteiger charge is 2.45. The van der Waals surface area contributed by atoms with Crippen LogP contribution < -0.4 is 5.73 Å². The number of hydrogen-bond acceptors (Lipinski definition) is 2. The van der Waals surface area contributed by atoms with Crippen molar-refractivity contribution in [3.8, 4) is 0 Å². The quantitative estimate of drug-likeness (QED) is 0.806. The average Bonchev–Trinajstić information content (AvgIpc) is 2.38. The maximum Gasteiger partial charge on any atom is 0.471 e. The van der Waals surface area contributed by atoms with E-state index >= 15 is 0 Å². The van der Waals surface area contributed by atoms with Crippen LogP contribution in [0.4, 0.5) is 17.6 Å². The molecule has 1 aliphatic heterocycles. The number of piperidine rings is 1. The summed E-state index contributed by atoms with van der Waals surface area (Å²) < 4.78 is 49.8. The van der Waals surface area contributed by atoms with Crippen molar-refractivity contribution in [3.05, 3.63) is 35.6 Å². The van der Waals surface area contributed by atoms with Crippen molar-refractivity contribution in [2.24, 2.45) is 5.73 Å². The van der Waals surface area contributed by atoms with Gasteiger partial charge >= 0.3 is 12.1 Å². The second-order valence-corrected chi connectivity index (χ2v) is 4.95. The number of halogens is 4. The highest BCUT2D eigenvalue weighted by Crippen LogP contribution is 2.32. The maximum atomic E-state index is 12.9. The van der Waals surface area contributed by atoms with E-state index in [-0.39, 0.29) is 25.9 Å². The molecule has 0 spiro atoms. The smallest absolute Gasteiger partial charge is 0.335 e. The van der Waals surface area contributed by atoms with Crippen molar-refractivity contribution in [2.45, 2.75) is 24.6 Å². The lowest BCUT2D eigenvalue weighted by Crippen LogP contribution is -2.52. The summed E-state index contributed by atoms with van der Waals surface area (Å²) in [7, 11) is 0. The Morgan fingerprint density at radius 2 is 1.65 bits per heavy atom. The summed E-state index contributed by atoms with van der Waals surface area (Å²) in [6, 6.07) is 5.57. The molecule has 1 aliphatic rings. The van der Waals surface area contributed by atoms with Gasteiger partial charge in [0, 0.05) is 18.6 Å². The molecule has 0 bridgehead atoms. The summed E-state index contributed by atoms with van der Waals surface area (Å²) in [5.41, 5.74) is 6.00. The topological polar surface area (TPSA) is 46.3 Å². The van der Waals surface area contributed by atoms with Crippen LogP contribution in [-0.4, -0.2) is 30.1 Å². The molecule has 0 saturated carbocycles. The lowest BCUT2D eigenvalue weighted by atomic mass is 9.82. The maximum absolute atomic E-state index is 12.9. The van der Waals surface area contributed by atoms with Crippen LogP contribution in [0.1, 0.15) is 18.4 Å². The zero-order valence-corrected chi connectivity index (χ0v) is 10.6. The van der Waals surface area contributed by atoms with Crippen LogP contribution in [0.5, 0.6) is 0 Å². The zero-order valence-electron chi connectivity index (χ0n) is 10.6. The molecule has 7 heteroatoms. The molecule has 1 heterocycles. The van der Waals surface area contributed by atoms with Gasteiger partial charge in [-0.15, -0.1) is 0 Å². The number of hydrogen-bond donors (Lipinski definition) is 1. The lowest BCUT2D eigenvalue weighted by molar-refractivity contribution is -0.186. The van der Waals surface area contributed by atoms with E-state index in [0.29, 0.717) is 5.56 Å². The molecule has 0 unspecified atom stereocenters. The monoisotopic (exact) mass is 290 g/mol. The number of likely N-dealkylation sites (tertiary alicyclic amines) is 1. The number of nitrogens with two attached hydrogens (primary N) is 1. The van der Waals surface area contributed by atoms with Gasteiger partial charge in [0.1, 0.15) is 5.82 Å². The second-order valence-electron chi connectivity index (χ2n) is 4.95. The first-order valence-electron chi connectivity index (χ1n) is 6.13. The van der Waals surface area contributed by atoms with Gasteiger partial charge in [0.2, 0.25) is 0 Å². The Morgan fingerprint density at radius 1 is 1.15 bits per heavy atom. The number of benzene rings is 1. The Kier molecular flexibility index (Phi) is 3.73. The van der Waals surface area contributed by atoms with Crippen molar-refractivity contribution in [2.75, 3.05) is 13.1 Å². The molecule has 0 aromatic heterocycles. The summed E-state index contributed by atoms with van der Waals surface area (Å²) in [6.45, 7) is -0.127. The van der Waals surface area contributed by atoms with Crippen LogP contribution in [0.2, 0.25) is 0 Å². The molecule has 3 nitrogen and oxygen atoms in total.